The third kappa shape index (κ3) is 3.65. The predicted molar refractivity (Wildman–Crippen MR) is 91.7 cm³/mol. The molecule has 1 aliphatic rings. The fourth-order valence-corrected chi connectivity index (χ4v) is 5.00. The second-order valence-electron chi connectivity index (χ2n) is 6.05. The van der Waals surface area contributed by atoms with Crippen LogP contribution in [0.5, 0.6) is 0 Å². The number of rotatable bonds is 6. The van der Waals surface area contributed by atoms with Crippen molar-refractivity contribution in [2.45, 2.75) is 39.0 Å². The van der Waals surface area contributed by atoms with E-state index in [-0.39, 0.29) is 17.2 Å². The van der Waals surface area contributed by atoms with Crippen molar-refractivity contribution in [3.05, 3.63) is 17.0 Å². The van der Waals surface area contributed by atoms with E-state index in [0.29, 0.717) is 24.3 Å². The van der Waals surface area contributed by atoms with Gasteiger partial charge in [0.2, 0.25) is 10.0 Å². The molecule has 0 aliphatic carbocycles. The van der Waals surface area contributed by atoms with Crippen molar-refractivity contribution in [2.75, 3.05) is 39.3 Å². The first-order valence-electron chi connectivity index (χ1n) is 8.41. The van der Waals surface area contributed by atoms with E-state index in [0.717, 1.165) is 26.1 Å². The van der Waals surface area contributed by atoms with Gasteiger partial charge >= 0.3 is 5.97 Å². The van der Waals surface area contributed by atoms with E-state index in [9.17, 15) is 13.2 Å². The SMILES string of the molecule is CCCN1CCN(S(=O)(=O)c2c(C)[nH]c(C(=O)OCC)c2C)CC1. The number of aryl methyl sites for hydroxylation is 1. The Morgan fingerprint density at radius 3 is 2.33 bits per heavy atom. The lowest BCUT2D eigenvalue weighted by molar-refractivity contribution is 0.0519. The summed E-state index contributed by atoms with van der Waals surface area (Å²) in [4.78, 5) is 17.3. The molecular formula is C16H27N3O4S. The summed E-state index contributed by atoms with van der Waals surface area (Å²) in [6, 6.07) is 0. The van der Waals surface area contributed by atoms with Gasteiger partial charge in [-0.1, -0.05) is 6.92 Å². The average molecular weight is 357 g/mol. The summed E-state index contributed by atoms with van der Waals surface area (Å²) >= 11 is 0. The normalized spacial score (nSPS) is 17.2. The molecule has 24 heavy (non-hydrogen) atoms. The molecule has 1 aromatic rings. The highest BCUT2D eigenvalue weighted by atomic mass is 32.2. The molecule has 1 aromatic heterocycles. The highest BCUT2D eigenvalue weighted by molar-refractivity contribution is 7.89. The summed E-state index contributed by atoms with van der Waals surface area (Å²) in [5.41, 5.74) is 1.13. The molecule has 0 spiro atoms. The second-order valence-corrected chi connectivity index (χ2v) is 7.92. The molecule has 1 fully saturated rings. The lowest BCUT2D eigenvalue weighted by atomic mass is 10.2. The molecule has 0 bridgehead atoms. The van der Waals surface area contributed by atoms with E-state index in [1.165, 1.54) is 4.31 Å². The molecule has 0 saturated carbocycles. The Morgan fingerprint density at radius 2 is 1.79 bits per heavy atom. The molecule has 1 saturated heterocycles. The monoisotopic (exact) mass is 357 g/mol. The van der Waals surface area contributed by atoms with E-state index < -0.39 is 16.0 Å². The van der Waals surface area contributed by atoms with Crippen molar-refractivity contribution in [1.29, 1.82) is 0 Å². The fraction of sp³-hybridized carbons (Fsp3) is 0.688. The van der Waals surface area contributed by atoms with Crippen molar-refractivity contribution in [3.8, 4) is 0 Å². The van der Waals surface area contributed by atoms with Gasteiger partial charge in [0.05, 0.1) is 6.61 Å². The quantitative estimate of drug-likeness (QED) is 0.781. The van der Waals surface area contributed by atoms with Gasteiger partial charge in [0, 0.05) is 37.4 Å². The zero-order valence-electron chi connectivity index (χ0n) is 14.9. The number of ether oxygens (including phenoxy) is 1. The molecule has 8 heteroatoms. The van der Waals surface area contributed by atoms with Crippen molar-refractivity contribution >= 4 is 16.0 Å². The maximum Gasteiger partial charge on any atom is 0.355 e. The molecule has 7 nitrogen and oxygen atoms in total. The first-order valence-corrected chi connectivity index (χ1v) is 9.85. The number of nitrogens with one attached hydrogen (secondary N) is 1. The van der Waals surface area contributed by atoms with Crippen LogP contribution < -0.4 is 0 Å². The number of nitrogens with zero attached hydrogens (tertiary/aromatic N) is 2. The number of carbonyl (C=O) groups is 1. The van der Waals surface area contributed by atoms with Crippen LogP contribution in [0.1, 0.15) is 42.0 Å². The van der Waals surface area contributed by atoms with E-state index in [1.54, 1.807) is 20.8 Å². The molecule has 2 heterocycles. The second kappa shape index (κ2) is 7.67. The maximum absolute atomic E-state index is 13.0. The van der Waals surface area contributed by atoms with E-state index >= 15 is 0 Å². The largest absolute Gasteiger partial charge is 0.461 e. The summed E-state index contributed by atoms with van der Waals surface area (Å²) in [5.74, 6) is -0.521. The van der Waals surface area contributed by atoms with Gasteiger partial charge < -0.3 is 14.6 Å². The van der Waals surface area contributed by atoms with Crippen molar-refractivity contribution < 1.29 is 17.9 Å². The Kier molecular flexibility index (Phi) is 6.06. The highest BCUT2D eigenvalue weighted by Gasteiger charge is 2.33. The van der Waals surface area contributed by atoms with Crippen LogP contribution in [0.3, 0.4) is 0 Å². The van der Waals surface area contributed by atoms with E-state index in [4.69, 9.17) is 4.74 Å². The first kappa shape index (κ1) is 19.0. The zero-order valence-corrected chi connectivity index (χ0v) is 15.7. The Labute approximate surface area is 144 Å². The molecular weight excluding hydrogens is 330 g/mol. The standard InChI is InChI=1S/C16H27N3O4S/c1-5-7-18-8-10-19(11-9-18)24(21,22)15-12(3)14(17-13(15)4)16(20)23-6-2/h17H,5-11H2,1-4H3. The number of esters is 1. The number of carbonyl (C=O) groups excluding carboxylic acids is 1. The number of H-pyrrole nitrogens is 1. The predicted octanol–water partition coefficient (Wildman–Crippen LogP) is 1.52. The van der Waals surface area contributed by atoms with Gasteiger partial charge in [-0.05, 0) is 33.7 Å². The molecule has 1 N–H and O–H groups in total. The highest BCUT2D eigenvalue weighted by Crippen LogP contribution is 2.27. The molecule has 2 rings (SSSR count). The van der Waals surface area contributed by atoms with Crippen LogP contribution in [0.4, 0.5) is 0 Å². The number of piperazine rings is 1. The van der Waals surface area contributed by atoms with E-state index in [1.807, 2.05) is 0 Å². The van der Waals surface area contributed by atoms with Crippen LogP contribution in [-0.2, 0) is 14.8 Å². The number of hydrogen-bond donors (Lipinski definition) is 1. The molecule has 0 aromatic carbocycles. The van der Waals surface area contributed by atoms with Gasteiger partial charge in [0.1, 0.15) is 10.6 Å². The topological polar surface area (TPSA) is 82.7 Å². The minimum Gasteiger partial charge on any atom is -0.461 e. The number of sulfonamides is 1. The van der Waals surface area contributed by atoms with Gasteiger partial charge in [-0.2, -0.15) is 4.31 Å². The lowest BCUT2D eigenvalue weighted by Gasteiger charge is -2.33. The third-order valence-electron chi connectivity index (χ3n) is 4.32. The molecule has 0 atom stereocenters. The van der Waals surface area contributed by atoms with Gasteiger partial charge in [-0.25, -0.2) is 13.2 Å². The van der Waals surface area contributed by atoms with Crippen molar-refractivity contribution in [1.82, 2.24) is 14.2 Å². The molecule has 136 valence electrons. The van der Waals surface area contributed by atoms with Gasteiger partial charge in [-0.3, -0.25) is 0 Å². The summed E-state index contributed by atoms with van der Waals surface area (Å²) in [6.45, 7) is 10.8. The zero-order chi connectivity index (χ0) is 17.9. The summed E-state index contributed by atoms with van der Waals surface area (Å²) in [7, 11) is -3.62. The Hall–Kier alpha value is -1.38. The van der Waals surface area contributed by atoms with Crippen LogP contribution >= 0.6 is 0 Å². The molecule has 0 amide bonds. The number of aromatic nitrogens is 1. The van der Waals surface area contributed by atoms with Crippen LogP contribution in [0, 0.1) is 13.8 Å². The molecule has 1 aliphatic heterocycles. The minimum absolute atomic E-state index is 0.203. The number of hydrogen-bond acceptors (Lipinski definition) is 5. The van der Waals surface area contributed by atoms with Crippen LogP contribution in [0.15, 0.2) is 4.90 Å². The minimum atomic E-state index is -3.62. The Bertz CT molecular complexity index is 688. The fourth-order valence-electron chi connectivity index (χ4n) is 3.17. The number of aromatic amines is 1. The van der Waals surface area contributed by atoms with Crippen LogP contribution in [0.25, 0.3) is 0 Å². The summed E-state index contributed by atoms with van der Waals surface area (Å²) in [5, 5.41) is 0. The van der Waals surface area contributed by atoms with Gasteiger partial charge in [0.15, 0.2) is 0 Å². The Balaban J connectivity index is 2.26. The van der Waals surface area contributed by atoms with Gasteiger partial charge in [-0.15, -0.1) is 0 Å². The Morgan fingerprint density at radius 1 is 1.17 bits per heavy atom. The van der Waals surface area contributed by atoms with E-state index in [2.05, 4.69) is 16.8 Å². The van der Waals surface area contributed by atoms with Gasteiger partial charge in [0.25, 0.3) is 0 Å². The first-order chi connectivity index (χ1) is 11.3. The lowest BCUT2D eigenvalue weighted by Crippen LogP contribution is -2.48. The van der Waals surface area contributed by atoms with Crippen LogP contribution in [0.2, 0.25) is 0 Å². The summed E-state index contributed by atoms with van der Waals surface area (Å²) in [6.07, 6.45) is 1.06. The third-order valence-corrected chi connectivity index (χ3v) is 6.49. The smallest absolute Gasteiger partial charge is 0.355 e. The molecule has 0 unspecified atom stereocenters. The van der Waals surface area contributed by atoms with Crippen molar-refractivity contribution in [3.63, 3.8) is 0 Å². The van der Waals surface area contributed by atoms with Crippen molar-refractivity contribution in [2.24, 2.45) is 0 Å². The summed E-state index contributed by atoms with van der Waals surface area (Å²) < 4.78 is 32.5. The average Bonchev–Trinajstić information content (AvgIpc) is 2.84. The maximum atomic E-state index is 13.0. The van der Waals surface area contributed by atoms with Crippen LogP contribution in [-0.4, -0.2) is 67.9 Å². The molecule has 0 radical (unpaired) electrons.